The molecule has 1 aliphatic rings. The quantitative estimate of drug-likeness (QED) is 0.863. The topological polar surface area (TPSA) is 58.1 Å². The van der Waals surface area contributed by atoms with Gasteiger partial charge in [-0.1, -0.05) is 6.92 Å². The molecule has 5 heteroatoms. The third kappa shape index (κ3) is 3.04. The second-order valence-electron chi connectivity index (χ2n) is 4.68. The van der Waals surface area contributed by atoms with Gasteiger partial charge in [-0.3, -0.25) is 14.7 Å². The van der Waals surface area contributed by atoms with Gasteiger partial charge in [0.15, 0.2) is 0 Å². The molecule has 1 aliphatic heterocycles. The van der Waals surface area contributed by atoms with E-state index in [1.54, 1.807) is 6.20 Å². The zero-order valence-electron chi connectivity index (χ0n) is 11.0. The van der Waals surface area contributed by atoms with Gasteiger partial charge in [0.05, 0.1) is 11.9 Å². The number of rotatable bonds is 4. The Morgan fingerprint density at radius 1 is 1.50 bits per heavy atom. The second-order valence-corrected chi connectivity index (χ2v) is 4.68. The van der Waals surface area contributed by atoms with E-state index in [9.17, 15) is 4.79 Å². The van der Waals surface area contributed by atoms with E-state index < -0.39 is 0 Å². The first-order chi connectivity index (χ1) is 8.70. The second kappa shape index (κ2) is 5.91. The summed E-state index contributed by atoms with van der Waals surface area (Å²) in [6, 6.07) is 0.470. The molecule has 1 amide bonds. The number of amides is 1. The number of aromatic nitrogens is 2. The van der Waals surface area contributed by atoms with Crippen LogP contribution in [0.5, 0.6) is 0 Å². The third-order valence-corrected chi connectivity index (χ3v) is 3.42. The molecule has 0 aliphatic carbocycles. The van der Waals surface area contributed by atoms with Gasteiger partial charge < -0.3 is 5.32 Å². The molecular formula is C13H20N4O. The molecule has 1 fully saturated rings. The van der Waals surface area contributed by atoms with Gasteiger partial charge in [-0.15, -0.1) is 0 Å². The normalized spacial score (nSPS) is 20.0. The largest absolute Gasteiger partial charge is 0.349 e. The Morgan fingerprint density at radius 2 is 2.33 bits per heavy atom. The Balaban J connectivity index is 1.86. The van der Waals surface area contributed by atoms with E-state index in [1.807, 2.05) is 6.92 Å². The number of aryl methyl sites for hydroxylation is 1. The molecule has 2 rings (SSSR count). The SMILES string of the molecule is CCN1CCCC1CNC(=O)c1cnc(C)cn1. The van der Waals surface area contributed by atoms with E-state index in [0.29, 0.717) is 18.3 Å². The minimum atomic E-state index is -0.134. The van der Waals surface area contributed by atoms with Crippen LogP contribution >= 0.6 is 0 Å². The van der Waals surface area contributed by atoms with Gasteiger partial charge in [0.25, 0.3) is 5.91 Å². The molecule has 1 N–H and O–H groups in total. The first-order valence-corrected chi connectivity index (χ1v) is 6.51. The van der Waals surface area contributed by atoms with Crippen LogP contribution in [0.25, 0.3) is 0 Å². The van der Waals surface area contributed by atoms with Crippen molar-refractivity contribution in [2.75, 3.05) is 19.6 Å². The van der Waals surface area contributed by atoms with E-state index in [-0.39, 0.29) is 5.91 Å². The fourth-order valence-electron chi connectivity index (χ4n) is 2.35. The summed E-state index contributed by atoms with van der Waals surface area (Å²) in [5, 5.41) is 2.94. The Morgan fingerprint density at radius 3 is 3.00 bits per heavy atom. The van der Waals surface area contributed by atoms with Gasteiger partial charge in [0.1, 0.15) is 5.69 Å². The van der Waals surface area contributed by atoms with Crippen molar-refractivity contribution in [1.82, 2.24) is 20.2 Å². The van der Waals surface area contributed by atoms with Crippen LogP contribution in [0, 0.1) is 6.92 Å². The van der Waals surface area contributed by atoms with Crippen LogP contribution in [0.2, 0.25) is 0 Å². The Kier molecular flexibility index (Phi) is 4.25. The molecule has 1 atom stereocenters. The first kappa shape index (κ1) is 13.0. The molecule has 0 bridgehead atoms. The summed E-state index contributed by atoms with van der Waals surface area (Å²) in [7, 11) is 0. The van der Waals surface area contributed by atoms with Crippen molar-refractivity contribution < 1.29 is 4.79 Å². The minimum Gasteiger partial charge on any atom is -0.349 e. The fourth-order valence-corrected chi connectivity index (χ4v) is 2.35. The summed E-state index contributed by atoms with van der Waals surface area (Å²) >= 11 is 0. The van der Waals surface area contributed by atoms with Crippen molar-refractivity contribution in [3.8, 4) is 0 Å². The first-order valence-electron chi connectivity index (χ1n) is 6.51. The maximum atomic E-state index is 11.9. The molecule has 1 aromatic heterocycles. The van der Waals surface area contributed by atoms with Crippen LogP contribution in [0.1, 0.15) is 35.9 Å². The number of likely N-dealkylation sites (tertiary alicyclic amines) is 1. The smallest absolute Gasteiger partial charge is 0.271 e. The van der Waals surface area contributed by atoms with Crippen molar-refractivity contribution in [2.24, 2.45) is 0 Å². The van der Waals surface area contributed by atoms with Crippen molar-refractivity contribution in [2.45, 2.75) is 32.7 Å². The Hall–Kier alpha value is -1.49. The van der Waals surface area contributed by atoms with E-state index in [1.165, 1.54) is 12.6 Å². The van der Waals surface area contributed by atoms with E-state index in [2.05, 4.69) is 27.1 Å². The monoisotopic (exact) mass is 248 g/mol. The molecule has 1 saturated heterocycles. The van der Waals surface area contributed by atoms with Gasteiger partial charge in [-0.05, 0) is 32.9 Å². The predicted molar refractivity (Wildman–Crippen MR) is 69.4 cm³/mol. The number of carbonyl (C=O) groups excluding carboxylic acids is 1. The molecule has 2 heterocycles. The molecule has 0 spiro atoms. The molecule has 0 radical (unpaired) electrons. The lowest BCUT2D eigenvalue weighted by Gasteiger charge is -2.22. The van der Waals surface area contributed by atoms with Crippen molar-refractivity contribution in [3.63, 3.8) is 0 Å². The fraction of sp³-hybridized carbons (Fsp3) is 0.615. The lowest BCUT2D eigenvalue weighted by Crippen LogP contribution is -2.40. The molecule has 0 aromatic carbocycles. The number of hydrogen-bond acceptors (Lipinski definition) is 4. The number of hydrogen-bond donors (Lipinski definition) is 1. The summed E-state index contributed by atoms with van der Waals surface area (Å²) in [6.07, 6.45) is 5.52. The highest BCUT2D eigenvalue weighted by molar-refractivity contribution is 5.91. The average molecular weight is 248 g/mol. The number of nitrogens with zero attached hydrogens (tertiary/aromatic N) is 3. The van der Waals surface area contributed by atoms with Crippen molar-refractivity contribution in [1.29, 1.82) is 0 Å². The van der Waals surface area contributed by atoms with Gasteiger partial charge >= 0.3 is 0 Å². The summed E-state index contributed by atoms with van der Waals surface area (Å²) in [5.41, 5.74) is 1.21. The van der Waals surface area contributed by atoms with Gasteiger partial charge in [-0.2, -0.15) is 0 Å². The van der Waals surface area contributed by atoms with Gasteiger partial charge in [0.2, 0.25) is 0 Å². The average Bonchev–Trinajstić information content (AvgIpc) is 2.84. The van der Waals surface area contributed by atoms with Crippen LogP contribution < -0.4 is 5.32 Å². The number of likely N-dealkylation sites (N-methyl/N-ethyl adjacent to an activating group) is 1. The van der Waals surface area contributed by atoms with E-state index in [0.717, 1.165) is 25.2 Å². The summed E-state index contributed by atoms with van der Waals surface area (Å²) in [6.45, 7) is 6.90. The van der Waals surface area contributed by atoms with Crippen molar-refractivity contribution in [3.05, 3.63) is 23.8 Å². The highest BCUT2D eigenvalue weighted by atomic mass is 16.1. The van der Waals surface area contributed by atoms with E-state index in [4.69, 9.17) is 0 Å². The van der Waals surface area contributed by atoms with Crippen molar-refractivity contribution >= 4 is 5.91 Å². The maximum absolute atomic E-state index is 11.9. The molecule has 0 saturated carbocycles. The molecular weight excluding hydrogens is 228 g/mol. The summed E-state index contributed by atoms with van der Waals surface area (Å²) in [4.78, 5) is 22.4. The van der Waals surface area contributed by atoms with Crippen LogP contribution in [-0.4, -0.2) is 46.5 Å². The zero-order valence-corrected chi connectivity index (χ0v) is 11.0. The predicted octanol–water partition coefficient (Wildman–Crippen LogP) is 0.999. The van der Waals surface area contributed by atoms with Crippen LogP contribution in [-0.2, 0) is 0 Å². The Labute approximate surface area is 108 Å². The van der Waals surface area contributed by atoms with Crippen LogP contribution in [0.15, 0.2) is 12.4 Å². The highest BCUT2D eigenvalue weighted by Crippen LogP contribution is 2.15. The standard InChI is InChI=1S/C13H20N4O/c1-3-17-6-4-5-11(17)8-16-13(18)12-9-14-10(2)7-15-12/h7,9,11H,3-6,8H2,1-2H3,(H,16,18). The number of carbonyl (C=O) groups is 1. The highest BCUT2D eigenvalue weighted by Gasteiger charge is 2.23. The molecule has 1 unspecified atom stereocenters. The van der Waals surface area contributed by atoms with Gasteiger partial charge in [-0.25, -0.2) is 4.98 Å². The van der Waals surface area contributed by atoms with Gasteiger partial charge in [0, 0.05) is 18.8 Å². The lowest BCUT2D eigenvalue weighted by molar-refractivity contribution is 0.0936. The molecule has 18 heavy (non-hydrogen) atoms. The van der Waals surface area contributed by atoms with E-state index >= 15 is 0 Å². The number of nitrogens with one attached hydrogen (secondary N) is 1. The summed E-state index contributed by atoms with van der Waals surface area (Å²) in [5.74, 6) is -0.134. The third-order valence-electron chi connectivity index (χ3n) is 3.42. The maximum Gasteiger partial charge on any atom is 0.271 e. The lowest BCUT2D eigenvalue weighted by atomic mass is 10.2. The van der Waals surface area contributed by atoms with Crippen LogP contribution in [0.3, 0.4) is 0 Å². The Bertz CT molecular complexity index is 404. The molecule has 5 nitrogen and oxygen atoms in total. The molecule has 1 aromatic rings. The minimum absolute atomic E-state index is 0.134. The van der Waals surface area contributed by atoms with Crippen LogP contribution in [0.4, 0.5) is 0 Å². The zero-order chi connectivity index (χ0) is 13.0. The summed E-state index contributed by atoms with van der Waals surface area (Å²) < 4.78 is 0. The molecule has 98 valence electrons.